The lowest BCUT2D eigenvalue weighted by Gasteiger charge is -2.11. The van der Waals surface area contributed by atoms with Crippen LogP contribution in [0.4, 0.5) is 5.69 Å². The lowest BCUT2D eigenvalue weighted by molar-refractivity contribution is -0.124. The summed E-state index contributed by atoms with van der Waals surface area (Å²) in [5.74, 6) is -1.03. The van der Waals surface area contributed by atoms with Crippen LogP contribution in [0.15, 0.2) is 66.7 Å². The molecule has 27 heavy (non-hydrogen) atoms. The van der Waals surface area contributed by atoms with Crippen LogP contribution in [0.2, 0.25) is 0 Å². The van der Waals surface area contributed by atoms with Crippen molar-refractivity contribution < 1.29 is 14.7 Å². The number of aliphatic hydroxyl groups is 1. The van der Waals surface area contributed by atoms with Crippen LogP contribution in [-0.4, -0.2) is 21.9 Å². The minimum absolute atomic E-state index is 0.411. The minimum atomic E-state index is -1.26. The molecule has 0 saturated carbocycles. The highest BCUT2D eigenvalue weighted by atomic mass is 16.3. The summed E-state index contributed by atoms with van der Waals surface area (Å²) in [6.07, 6.45) is -1.26. The molecule has 134 valence electrons. The van der Waals surface area contributed by atoms with Gasteiger partial charge in [0.05, 0.1) is 11.1 Å². The first-order valence-corrected chi connectivity index (χ1v) is 8.43. The van der Waals surface area contributed by atoms with Crippen LogP contribution in [0.25, 0.3) is 21.8 Å². The molecular formula is C21H17N3O3. The van der Waals surface area contributed by atoms with Crippen LogP contribution < -0.4 is 11.1 Å². The Morgan fingerprint density at radius 3 is 2.48 bits per heavy atom. The number of fused-ring (bicyclic) bond motifs is 3. The molecule has 0 aliphatic heterocycles. The molecule has 0 saturated heterocycles. The van der Waals surface area contributed by atoms with Gasteiger partial charge in [0.25, 0.3) is 11.8 Å². The van der Waals surface area contributed by atoms with Gasteiger partial charge in [-0.05, 0) is 23.8 Å². The summed E-state index contributed by atoms with van der Waals surface area (Å²) in [6, 6.07) is 19.4. The van der Waals surface area contributed by atoms with Gasteiger partial charge in [-0.2, -0.15) is 0 Å². The largest absolute Gasteiger partial charge is 0.378 e. The number of carbonyl (C=O) groups excluding carboxylic acids is 2. The summed E-state index contributed by atoms with van der Waals surface area (Å²) in [4.78, 5) is 27.2. The molecule has 0 aliphatic rings. The first kappa shape index (κ1) is 16.8. The number of aromatic nitrogens is 1. The van der Waals surface area contributed by atoms with Crippen molar-refractivity contribution in [2.24, 2.45) is 5.73 Å². The molecule has 4 rings (SSSR count). The van der Waals surface area contributed by atoms with Crippen molar-refractivity contribution >= 4 is 39.3 Å². The van der Waals surface area contributed by atoms with Gasteiger partial charge in [0.1, 0.15) is 0 Å². The number of para-hydroxylation sites is 1. The summed E-state index contributed by atoms with van der Waals surface area (Å²) in [5, 5.41) is 14.7. The highest BCUT2D eigenvalue weighted by molar-refractivity contribution is 6.15. The van der Waals surface area contributed by atoms with E-state index in [-0.39, 0.29) is 0 Å². The molecule has 1 unspecified atom stereocenters. The van der Waals surface area contributed by atoms with Crippen molar-refractivity contribution in [1.29, 1.82) is 0 Å². The van der Waals surface area contributed by atoms with Crippen LogP contribution in [0.5, 0.6) is 0 Å². The Labute approximate surface area is 154 Å². The zero-order valence-electron chi connectivity index (χ0n) is 14.3. The van der Waals surface area contributed by atoms with Crippen molar-refractivity contribution in [3.05, 3.63) is 77.9 Å². The molecule has 0 aliphatic carbocycles. The smallest absolute Gasteiger partial charge is 0.257 e. The third-order valence-corrected chi connectivity index (χ3v) is 4.53. The van der Waals surface area contributed by atoms with Crippen LogP contribution in [0.1, 0.15) is 22.0 Å². The number of nitrogens with one attached hydrogen (secondary N) is 2. The monoisotopic (exact) mass is 359 g/mol. The summed E-state index contributed by atoms with van der Waals surface area (Å²) in [6.45, 7) is 0. The van der Waals surface area contributed by atoms with E-state index in [2.05, 4.69) is 10.3 Å². The number of nitrogens with two attached hydrogens (primary N) is 1. The summed E-state index contributed by atoms with van der Waals surface area (Å²) >= 11 is 0. The quantitative estimate of drug-likeness (QED) is 0.449. The van der Waals surface area contributed by atoms with Gasteiger partial charge in [-0.15, -0.1) is 0 Å². The number of H-pyrrole nitrogens is 1. The Morgan fingerprint density at radius 2 is 1.74 bits per heavy atom. The second kappa shape index (κ2) is 6.59. The third kappa shape index (κ3) is 3.02. The number of aromatic amines is 1. The molecule has 0 fully saturated rings. The Kier molecular flexibility index (Phi) is 4.10. The van der Waals surface area contributed by atoms with Gasteiger partial charge in [0, 0.05) is 22.0 Å². The van der Waals surface area contributed by atoms with E-state index < -0.39 is 17.9 Å². The summed E-state index contributed by atoms with van der Waals surface area (Å²) < 4.78 is 0. The topological polar surface area (TPSA) is 108 Å². The SMILES string of the molecule is NC(=O)c1cccc2c1[nH]c1cc(NC(=O)C(O)c3ccccc3)ccc12. The Balaban J connectivity index is 1.67. The van der Waals surface area contributed by atoms with E-state index in [0.29, 0.717) is 22.3 Å². The van der Waals surface area contributed by atoms with Gasteiger partial charge in [0.15, 0.2) is 6.10 Å². The van der Waals surface area contributed by atoms with Crippen molar-refractivity contribution in [3.8, 4) is 0 Å². The zero-order chi connectivity index (χ0) is 19.0. The fraction of sp³-hybridized carbons (Fsp3) is 0.0476. The molecule has 1 heterocycles. The van der Waals surface area contributed by atoms with Gasteiger partial charge in [0.2, 0.25) is 0 Å². The maximum absolute atomic E-state index is 12.3. The zero-order valence-corrected chi connectivity index (χ0v) is 14.3. The van der Waals surface area contributed by atoms with Gasteiger partial charge in [-0.25, -0.2) is 0 Å². The number of carbonyl (C=O) groups is 2. The van der Waals surface area contributed by atoms with E-state index in [1.165, 1.54) is 0 Å². The first-order valence-electron chi connectivity index (χ1n) is 8.43. The number of rotatable bonds is 4. The predicted molar refractivity (Wildman–Crippen MR) is 104 cm³/mol. The standard InChI is InChI=1S/C21H17N3O3/c22-20(26)16-8-4-7-15-14-10-9-13(11-17(14)24-18(15)16)23-21(27)19(25)12-5-2-1-3-6-12/h1-11,19,24-25H,(H2,22,26)(H,23,27). The van der Waals surface area contributed by atoms with Crippen molar-refractivity contribution in [2.45, 2.75) is 6.10 Å². The van der Waals surface area contributed by atoms with Gasteiger partial charge >= 0.3 is 0 Å². The molecular weight excluding hydrogens is 342 g/mol. The Bertz CT molecular complexity index is 1170. The number of primary amides is 1. The van der Waals surface area contributed by atoms with E-state index in [4.69, 9.17) is 5.73 Å². The van der Waals surface area contributed by atoms with E-state index >= 15 is 0 Å². The van der Waals surface area contributed by atoms with E-state index in [9.17, 15) is 14.7 Å². The first-order chi connectivity index (χ1) is 13.0. The molecule has 1 aromatic heterocycles. The molecule has 0 spiro atoms. The highest BCUT2D eigenvalue weighted by Gasteiger charge is 2.18. The average molecular weight is 359 g/mol. The van der Waals surface area contributed by atoms with Crippen LogP contribution in [0.3, 0.4) is 0 Å². The lowest BCUT2D eigenvalue weighted by Crippen LogP contribution is -2.20. The normalized spacial score (nSPS) is 12.2. The highest BCUT2D eigenvalue weighted by Crippen LogP contribution is 2.29. The van der Waals surface area contributed by atoms with Crippen molar-refractivity contribution in [3.63, 3.8) is 0 Å². The molecule has 0 bridgehead atoms. The second-order valence-corrected chi connectivity index (χ2v) is 6.28. The average Bonchev–Trinajstić information content (AvgIpc) is 3.05. The predicted octanol–water partition coefficient (Wildman–Crippen LogP) is 3.09. The Hall–Kier alpha value is -3.64. The minimum Gasteiger partial charge on any atom is -0.378 e. The molecule has 6 nitrogen and oxygen atoms in total. The maximum atomic E-state index is 12.3. The molecule has 3 aromatic carbocycles. The van der Waals surface area contributed by atoms with E-state index in [0.717, 1.165) is 16.3 Å². The lowest BCUT2D eigenvalue weighted by atomic mass is 10.1. The number of hydrogen-bond acceptors (Lipinski definition) is 3. The molecule has 6 heteroatoms. The number of amides is 2. The number of benzene rings is 3. The van der Waals surface area contributed by atoms with Gasteiger partial charge in [-0.3, -0.25) is 9.59 Å². The van der Waals surface area contributed by atoms with Gasteiger partial charge < -0.3 is 21.1 Å². The Morgan fingerprint density at radius 1 is 0.963 bits per heavy atom. The fourth-order valence-electron chi connectivity index (χ4n) is 3.21. The van der Waals surface area contributed by atoms with Crippen molar-refractivity contribution in [2.75, 3.05) is 5.32 Å². The molecule has 1 atom stereocenters. The maximum Gasteiger partial charge on any atom is 0.257 e. The van der Waals surface area contributed by atoms with Crippen LogP contribution in [0, 0.1) is 0 Å². The number of aliphatic hydroxyl groups excluding tert-OH is 1. The summed E-state index contributed by atoms with van der Waals surface area (Å²) in [7, 11) is 0. The molecule has 4 aromatic rings. The second-order valence-electron chi connectivity index (χ2n) is 6.28. The van der Waals surface area contributed by atoms with E-state index in [1.54, 1.807) is 48.5 Å². The molecule has 2 amide bonds. The molecule has 5 N–H and O–H groups in total. The van der Waals surface area contributed by atoms with Crippen LogP contribution in [-0.2, 0) is 4.79 Å². The van der Waals surface area contributed by atoms with Gasteiger partial charge in [-0.1, -0.05) is 48.5 Å². The third-order valence-electron chi connectivity index (χ3n) is 4.53. The van der Waals surface area contributed by atoms with Crippen LogP contribution >= 0.6 is 0 Å². The molecule has 0 radical (unpaired) electrons. The van der Waals surface area contributed by atoms with Crippen molar-refractivity contribution in [1.82, 2.24) is 4.98 Å². The number of hydrogen-bond donors (Lipinski definition) is 4. The summed E-state index contributed by atoms with van der Waals surface area (Å²) in [5.41, 5.74) is 8.33. The number of anilines is 1. The fourth-order valence-corrected chi connectivity index (χ4v) is 3.21. The van der Waals surface area contributed by atoms with E-state index in [1.807, 2.05) is 18.2 Å².